The number of halogens is 1. The molecule has 4 unspecified atom stereocenters. The van der Waals surface area contributed by atoms with Gasteiger partial charge >= 0.3 is 12.1 Å². The second kappa shape index (κ2) is 17.0. The molecule has 9 atom stereocenters. The third-order valence-corrected chi connectivity index (χ3v) is 8.40. The monoisotopic (exact) mass is 650 g/mol. The SMILES string of the molecule is CC(=O)O[C@H]1C(N=[N+]=[N-])CC(N=[N+]=[N-])[C@@H](C2O[C@H]([C@@H](CF)N(Cc3ccccc3)C(=O)OCc3ccccc3)CCC2N=[N+]=[N-])[C@@H]1O. The first kappa shape index (κ1) is 34.8. The number of amides is 1. The number of carbonyl (C=O) groups excluding carboxylic acids is 2. The Morgan fingerprint density at radius 3 is 2.15 bits per heavy atom. The van der Waals surface area contributed by atoms with Gasteiger partial charge in [-0.2, -0.15) is 0 Å². The van der Waals surface area contributed by atoms with Crippen molar-refractivity contribution in [3.8, 4) is 0 Å². The second-order valence-electron chi connectivity index (χ2n) is 11.3. The quantitative estimate of drug-likeness (QED) is 0.124. The molecule has 0 radical (unpaired) electrons. The lowest BCUT2D eigenvalue weighted by Gasteiger charge is -2.49. The van der Waals surface area contributed by atoms with Crippen LogP contribution in [-0.4, -0.2) is 77.3 Å². The van der Waals surface area contributed by atoms with Gasteiger partial charge < -0.3 is 19.3 Å². The van der Waals surface area contributed by atoms with Gasteiger partial charge in [0.2, 0.25) is 0 Å². The summed E-state index contributed by atoms with van der Waals surface area (Å²) in [6.45, 7) is 0.0272. The predicted octanol–water partition coefficient (Wildman–Crippen LogP) is 6.06. The maximum atomic E-state index is 15.1. The molecule has 0 spiro atoms. The molecule has 16 nitrogen and oxygen atoms in total. The number of aliphatic hydroxyl groups is 1. The van der Waals surface area contributed by atoms with Crippen LogP contribution in [0, 0.1) is 5.92 Å². The van der Waals surface area contributed by atoms with Crippen molar-refractivity contribution < 1.29 is 33.3 Å². The van der Waals surface area contributed by atoms with Crippen molar-refractivity contribution in [3.05, 3.63) is 103 Å². The number of ether oxygens (including phenoxy) is 3. The Hall–Kier alpha value is -5.04. The molecule has 1 saturated carbocycles. The van der Waals surface area contributed by atoms with Crippen LogP contribution in [0.25, 0.3) is 31.3 Å². The van der Waals surface area contributed by atoms with E-state index in [-0.39, 0.29) is 32.4 Å². The highest BCUT2D eigenvalue weighted by Gasteiger charge is 2.53. The van der Waals surface area contributed by atoms with Crippen LogP contribution >= 0.6 is 0 Å². The van der Waals surface area contributed by atoms with Gasteiger partial charge in [-0.1, -0.05) is 76.0 Å². The van der Waals surface area contributed by atoms with Crippen LogP contribution in [0.2, 0.25) is 0 Å². The van der Waals surface area contributed by atoms with E-state index in [1.807, 2.05) is 12.1 Å². The number of azide groups is 3. The van der Waals surface area contributed by atoms with Gasteiger partial charge in [0.15, 0.2) is 0 Å². The number of esters is 1. The van der Waals surface area contributed by atoms with Crippen molar-refractivity contribution >= 4 is 12.1 Å². The summed E-state index contributed by atoms with van der Waals surface area (Å²) in [5.74, 6) is -1.89. The van der Waals surface area contributed by atoms with Crippen molar-refractivity contribution in [2.24, 2.45) is 21.3 Å². The van der Waals surface area contributed by atoms with Gasteiger partial charge in [0.25, 0.3) is 0 Å². The molecule has 2 aromatic carbocycles. The Kier molecular flexibility index (Phi) is 12.6. The molecule has 1 aliphatic carbocycles. The lowest BCUT2D eigenvalue weighted by atomic mass is 9.72. The van der Waals surface area contributed by atoms with E-state index in [2.05, 4.69) is 30.1 Å². The zero-order valence-electron chi connectivity index (χ0n) is 25.6. The van der Waals surface area contributed by atoms with E-state index in [1.165, 1.54) is 4.90 Å². The second-order valence-corrected chi connectivity index (χ2v) is 11.3. The smallest absolute Gasteiger partial charge is 0.410 e. The van der Waals surface area contributed by atoms with E-state index in [4.69, 9.17) is 19.7 Å². The number of aliphatic hydroxyl groups excluding tert-OH is 1. The van der Waals surface area contributed by atoms with Crippen LogP contribution in [0.5, 0.6) is 0 Å². The molecule has 1 heterocycles. The van der Waals surface area contributed by atoms with Gasteiger partial charge in [-0.25, -0.2) is 9.18 Å². The van der Waals surface area contributed by atoms with Crippen molar-refractivity contribution in [3.63, 3.8) is 0 Å². The van der Waals surface area contributed by atoms with Crippen LogP contribution < -0.4 is 0 Å². The minimum Gasteiger partial charge on any atom is -0.459 e. The van der Waals surface area contributed by atoms with Crippen LogP contribution in [0.4, 0.5) is 9.18 Å². The van der Waals surface area contributed by atoms with Crippen LogP contribution in [0.15, 0.2) is 76.0 Å². The van der Waals surface area contributed by atoms with E-state index < -0.39 is 73.2 Å². The van der Waals surface area contributed by atoms with Crippen LogP contribution in [-0.2, 0) is 32.2 Å². The standard InChI is InChI=1S/C30H35FN10O6/c1-18(42)46-29-23(37-40-34)14-22(36-39-33)26(27(29)43)28-21(35-38-32)12-13-25(47-28)24(15-31)41(16-19-8-4-2-5-9-19)30(44)45-17-20-10-6-3-7-11-20/h2-11,21-29,43H,12-17H2,1H3/t21?,22?,23?,24-,25+,26-,27+,28?,29+/m1/s1. The van der Waals surface area contributed by atoms with Gasteiger partial charge in [-0.05, 0) is 47.0 Å². The summed E-state index contributed by atoms with van der Waals surface area (Å²) >= 11 is 0. The van der Waals surface area contributed by atoms with E-state index >= 15 is 4.39 Å². The zero-order valence-corrected chi connectivity index (χ0v) is 25.6. The third kappa shape index (κ3) is 8.82. The average molecular weight is 651 g/mol. The van der Waals surface area contributed by atoms with E-state index in [0.717, 1.165) is 12.5 Å². The summed E-state index contributed by atoms with van der Waals surface area (Å²) in [4.78, 5) is 35.4. The van der Waals surface area contributed by atoms with Crippen LogP contribution in [0.3, 0.4) is 0 Å². The molecule has 1 aliphatic heterocycles. The average Bonchev–Trinajstić information content (AvgIpc) is 3.07. The third-order valence-electron chi connectivity index (χ3n) is 8.40. The van der Waals surface area contributed by atoms with E-state index in [1.54, 1.807) is 48.5 Å². The fourth-order valence-electron chi connectivity index (χ4n) is 6.30. The van der Waals surface area contributed by atoms with Gasteiger partial charge in [0, 0.05) is 40.2 Å². The number of rotatable bonds is 12. The molecule has 4 rings (SSSR count). The molecular weight excluding hydrogens is 615 g/mol. The normalized spacial score (nSPS) is 27.5. The largest absolute Gasteiger partial charge is 0.459 e. The number of benzene rings is 2. The Labute approximate surface area is 269 Å². The number of alkyl halides is 1. The molecule has 47 heavy (non-hydrogen) atoms. The molecule has 2 fully saturated rings. The lowest BCUT2D eigenvalue weighted by molar-refractivity contribution is -0.183. The molecule has 1 N–H and O–H groups in total. The summed E-state index contributed by atoms with van der Waals surface area (Å²) in [6, 6.07) is 13.7. The van der Waals surface area contributed by atoms with Crippen molar-refractivity contribution in [1.29, 1.82) is 0 Å². The minimum atomic E-state index is -1.60. The first-order valence-electron chi connectivity index (χ1n) is 15.0. The molecule has 17 heteroatoms. The lowest BCUT2D eigenvalue weighted by Crippen LogP contribution is -2.61. The zero-order chi connectivity index (χ0) is 33.8. The maximum Gasteiger partial charge on any atom is 0.410 e. The maximum absolute atomic E-state index is 15.1. The van der Waals surface area contributed by atoms with Gasteiger partial charge in [-0.15, -0.1) is 0 Å². The van der Waals surface area contributed by atoms with Crippen molar-refractivity contribution in [2.75, 3.05) is 6.67 Å². The highest BCUT2D eigenvalue weighted by atomic mass is 19.1. The van der Waals surface area contributed by atoms with Gasteiger partial charge in [-0.3, -0.25) is 9.69 Å². The molecule has 2 aliphatic rings. The first-order valence-corrected chi connectivity index (χ1v) is 15.0. The number of carbonyl (C=O) groups is 2. The fourth-order valence-corrected chi connectivity index (χ4v) is 6.30. The topological polar surface area (TPSA) is 232 Å². The van der Waals surface area contributed by atoms with E-state index in [0.29, 0.717) is 5.56 Å². The molecule has 0 aromatic heterocycles. The minimum absolute atomic E-state index is 0.0108. The number of hydrogen-bond acceptors (Lipinski definition) is 9. The molecule has 248 valence electrons. The first-order chi connectivity index (χ1) is 22.8. The van der Waals surface area contributed by atoms with Crippen molar-refractivity contribution in [2.45, 2.75) is 87.9 Å². The molecular formula is C30H35FN10O6. The highest BCUT2D eigenvalue weighted by Crippen LogP contribution is 2.41. The van der Waals surface area contributed by atoms with E-state index in [9.17, 15) is 25.8 Å². The number of hydrogen-bond donors (Lipinski definition) is 1. The number of nitrogens with zero attached hydrogens (tertiary/aromatic N) is 10. The Morgan fingerprint density at radius 1 is 0.957 bits per heavy atom. The highest BCUT2D eigenvalue weighted by molar-refractivity contribution is 5.68. The van der Waals surface area contributed by atoms with Crippen LogP contribution in [0.1, 0.15) is 37.3 Å². The summed E-state index contributed by atoms with van der Waals surface area (Å²) in [7, 11) is 0. The Balaban J connectivity index is 1.68. The summed E-state index contributed by atoms with van der Waals surface area (Å²) in [5.41, 5.74) is 29.3. The summed E-state index contributed by atoms with van der Waals surface area (Å²) < 4.78 is 32.5. The fraction of sp³-hybridized carbons (Fsp3) is 0.533. The summed E-state index contributed by atoms with van der Waals surface area (Å²) in [6.07, 6.45) is -5.67. The molecule has 2 aromatic rings. The Bertz CT molecular complexity index is 1500. The summed E-state index contributed by atoms with van der Waals surface area (Å²) in [5, 5.41) is 22.9. The predicted molar refractivity (Wildman–Crippen MR) is 165 cm³/mol. The molecule has 0 bridgehead atoms. The van der Waals surface area contributed by atoms with Gasteiger partial charge in [0.1, 0.15) is 19.4 Å². The molecule has 1 amide bonds. The molecule has 1 saturated heterocycles. The van der Waals surface area contributed by atoms with Crippen molar-refractivity contribution in [1.82, 2.24) is 4.90 Å². The van der Waals surface area contributed by atoms with Gasteiger partial charge in [0.05, 0.1) is 36.4 Å². The Morgan fingerprint density at radius 2 is 1.55 bits per heavy atom.